The SMILES string of the molecule is NC1C2CC1CN(Cc1ccccc1)C2. The topological polar surface area (TPSA) is 29.3 Å². The molecule has 1 aromatic rings. The van der Waals surface area contributed by atoms with Gasteiger partial charge in [0, 0.05) is 25.7 Å². The fourth-order valence-electron chi connectivity index (χ4n) is 2.99. The molecule has 2 atom stereocenters. The maximum Gasteiger partial charge on any atom is 0.0233 e. The Hall–Kier alpha value is -0.860. The molecule has 0 amide bonds. The lowest BCUT2D eigenvalue weighted by molar-refractivity contribution is -0.00139. The van der Waals surface area contributed by atoms with Crippen LogP contribution in [0.3, 0.4) is 0 Å². The van der Waals surface area contributed by atoms with Crippen LogP contribution >= 0.6 is 0 Å². The summed E-state index contributed by atoms with van der Waals surface area (Å²) in [4.78, 5) is 2.55. The highest BCUT2D eigenvalue weighted by molar-refractivity contribution is 5.15. The molecule has 2 bridgehead atoms. The van der Waals surface area contributed by atoms with Crippen molar-refractivity contribution in [2.45, 2.75) is 19.0 Å². The molecule has 2 nitrogen and oxygen atoms in total. The Morgan fingerprint density at radius 2 is 1.80 bits per heavy atom. The van der Waals surface area contributed by atoms with Crippen molar-refractivity contribution in [1.82, 2.24) is 4.90 Å². The number of nitrogens with two attached hydrogens (primary N) is 1. The number of rotatable bonds is 2. The molecule has 3 fully saturated rings. The molecular weight excluding hydrogens is 184 g/mol. The Morgan fingerprint density at radius 3 is 2.40 bits per heavy atom. The van der Waals surface area contributed by atoms with Crippen molar-refractivity contribution in [2.75, 3.05) is 13.1 Å². The largest absolute Gasteiger partial charge is 0.327 e. The van der Waals surface area contributed by atoms with Gasteiger partial charge in [-0.15, -0.1) is 0 Å². The molecule has 1 aromatic carbocycles. The van der Waals surface area contributed by atoms with E-state index in [1.165, 1.54) is 25.1 Å². The molecule has 0 aromatic heterocycles. The van der Waals surface area contributed by atoms with Gasteiger partial charge in [-0.05, 0) is 23.8 Å². The molecule has 2 saturated heterocycles. The van der Waals surface area contributed by atoms with Gasteiger partial charge in [0.2, 0.25) is 0 Å². The summed E-state index contributed by atoms with van der Waals surface area (Å²) in [6.07, 6.45) is 1.37. The standard InChI is InChI=1S/C13H18N2/c14-13-11-6-12(13)9-15(8-11)7-10-4-2-1-3-5-10/h1-5,11-13H,6-9,14H2. The second-order valence-corrected chi connectivity index (χ2v) is 5.01. The fraction of sp³-hybridized carbons (Fsp3) is 0.538. The van der Waals surface area contributed by atoms with Crippen LogP contribution in [0.5, 0.6) is 0 Å². The predicted molar refractivity (Wildman–Crippen MR) is 61.3 cm³/mol. The van der Waals surface area contributed by atoms with Crippen LogP contribution in [0.1, 0.15) is 12.0 Å². The lowest BCUT2D eigenvalue weighted by Crippen LogP contribution is -2.61. The summed E-state index contributed by atoms with van der Waals surface area (Å²) in [5, 5.41) is 0. The van der Waals surface area contributed by atoms with E-state index in [-0.39, 0.29) is 0 Å². The molecular formula is C13H18N2. The van der Waals surface area contributed by atoms with E-state index in [1.54, 1.807) is 0 Å². The molecule has 1 aliphatic carbocycles. The molecule has 3 aliphatic rings. The van der Waals surface area contributed by atoms with Crippen molar-refractivity contribution < 1.29 is 0 Å². The van der Waals surface area contributed by atoms with Crippen molar-refractivity contribution in [2.24, 2.45) is 17.6 Å². The van der Waals surface area contributed by atoms with Crippen LogP contribution in [0.4, 0.5) is 0 Å². The fourth-order valence-corrected chi connectivity index (χ4v) is 2.99. The van der Waals surface area contributed by atoms with Crippen LogP contribution in [0.2, 0.25) is 0 Å². The number of nitrogens with zero attached hydrogens (tertiary/aromatic N) is 1. The molecule has 2 N–H and O–H groups in total. The maximum absolute atomic E-state index is 6.06. The van der Waals surface area contributed by atoms with E-state index < -0.39 is 0 Å². The summed E-state index contributed by atoms with van der Waals surface area (Å²) in [6, 6.07) is 11.2. The van der Waals surface area contributed by atoms with Gasteiger partial charge in [0.1, 0.15) is 0 Å². The molecule has 2 heteroatoms. The van der Waals surface area contributed by atoms with E-state index >= 15 is 0 Å². The third-order valence-corrected chi connectivity index (χ3v) is 3.93. The first-order valence-corrected chi connectivity index (χ1v) is 5.85. The van der Waals surface area contributed by atoms with Crippen LogP contribution in [-0.4, -0.2) is 24.0 Å². The minimum absolute atomic E-state index is 0.497. The third-order valence-electron chi connectivity index (χ3n) is 3.93. The molecule has 2 unspecified atom stereocenters. The van der Waals surface area contributed by atoms with Crippen LogP contribution in [-0.2, 0) is 6.54 Å². The summed E-state index contributed by atoms with van der Waals surface area (Å²) in [7, 11) is 0. The normalized spacial score (nSPS) is 34.9. The lowest BCUT2D eigenvalue weighted by Gasteiger charge is -2.52. The summed E-state index contributed by atoms with van der Waals surface area (Å²) in [5.41, 5.74) is 7.48. The Bertz CT molecular complexity index is 324. The first kappa shape index (κ1) is 9.37. The lowest BCUT2D eigenvalue weighted by atomic mass is 9.67. The van der Waals surface area contributed by atoms with Crippen molar-refractivity contribution in [3.8, 4) is 0 Å². The third kappa shape index (κ3) is 1.68. The zero-order valence-electron chi connectivity index (χ0n) is 8.97. The summed E-state index contributed by atoms with van der Waals surface area (Å²) in [6.45, 7) is 3.50. The van der Waals surface area contributed by atoms with E-state index in [9.17, 15) is 0 Å². The zero-order valence-corrected chi connectivity index (χ0v) is 8.97. The highest BCUT2D eigenvalue weighted by Gasteiger charge is 2.44. The van der Waals surface area contributed by atoms with Crippen LogP contribution in [0, 0.1) is 11.8 Å². The average molecular weight is 202 g/mol. The minimum atomic E-state index is 0.497. The Labute approximate surface area is 91.1 Å². The van der Waals surface area contributed by atoms with Gasteiger partial charge in [-0.1, -0.05) is 30.3 Å². The van der Waals surface area contributed by atoms with Gasteiger partial charge in [-0.25, -0.2) is 0 Å². The summed E-state index contributed by atoms with van der Waals surface area (Å²) >= 11 is 0. The molecule has 15 heavy (non-hydrogen) atoms. The van der Waals surface area contributed by atoms with E-state index in [2.05, 4.69) is 35.2 Å². The first-order chi connectivity index (χ1) is 7.33. The molecule has 2 aliphatic heterocycles. The number of hydrogen-bond acceptors (Lipinski definition) is 2. The van der Waals surface area contributed by atoms with E-state index in [0.717, 1.165) is 18.4 Å². The van der Waals surface area contributed by atoms with E-state index in [0.29, 0.717) is 6.04 Å². The van der Waals surface area contributed by atoms with Crippen LogP contribution in [0.25, 0.3) is 0 Å². The number of piperidine rings is 2. The maximum atomic E-state index is 6.06. The number of benzene rings is 1. The monoisotopic (exact) mass is 202 g/mol. The zero-order chi connectivity index (χ0) is 10.3. The van der Waals surface area contributed by atoms with Gasteiger partial charge < -0.3 is 5.73 Å². The van der Waals surface area contributed by atoms with Crippen molar-refractivity contribution in [1.29, 1.82) is 0 Å². The highest BCUT2D eigenvalue weighted by atomic mass is 15.2. The summed E-state index contributed by atoms with van der Waals surface area (Å²) < 4.78 is 0. The Balaban J connectivity index is 1.62. The van der Waals surface area contributed by atoms with Crippen molar-refractivity contribution >= 4 is 0 Å². The Morgan fingerprint density at radius 1 is 1.13 bits per heavy atom. The van der Waals surface area contributed by atoms with Crippen LogP contribution in [0.15, 0.2) is 30.3 Å². The first-order valence-electron chi connectivity index (χ1n) is 5.85. The second-order valence-electron chi connectivity index (χ2n) is 5.01. The summed E-state index contributed by atoms with van der Waals surface area (Å²) in [5.74, 6) is 1.54. The molecule has 2 heterocycles. The second kappa shape index (κ2) is 3.62. The van der Waals surface area contributed by atoms with Gasteiger partial charge in [0.05, 0.1) is 0 Å². The van der Waals surface area contributed by atoms with Gasteiger partial charge in [-0.2, -0.15) is 0 Å². The van der Waals surface area contributed by atoms with Gasteiger partial charge in [-0.3, -0.25) is 4.90 Å². The van der Waals surface area contributed by atoms with Crippen LogP contribution < -0.4 is 5.73 Å². The number of fused-ring (bicyclic) bond motifs is 2. The van der Waals surface area contributed by atoms with E-state index in [1.807, 2.05) is 0 Å². The highest BCUT2D eigenvalue weighted by Crippen LogP contribution is 2.38. The molecule has 0 radical (unpaired) electrons. The van der Waals surface area contributed by atoms with E-state index in [4.69, 9.17) is 5.73 Å². The smallest absolute Gasteiger partial charge is 0.0233 e. The van der Waals surface area contributed by atoms with Crippen molar-refractivity contribution in [3.63, 3.8) is 0 Å². The van der Waals surface area contributed by atoms with Gasteiger partial charge in [0.25, 0.3) is 0 Å². The Kier molecular flexibility index (Phi) is 2.26. The van der Waals surface area contributed by atoms with Gasteiger partial charge in [0.15, 0.2) is 0 Å². The molecule has 1 saturated carbocycles. The molecule has 80 valence electrons. The van der Waals surface area contributed by atoms with Gasteiger partial charge >= 0.3 is 0 Å². The minimum Gasteiger partial charge on any atom is -0.327 e. The number of hydrogen-bond donors (Lipinski definition) is 1. The van der Waals surface area contributed by atoms with Crippen molar-refractivity contribution in [3.05, 3.63) is 35.9 Å². The quantitative estimate of drug-likeness (QED) is 0.787. The average Bonchev–Trinajstić information content (AvgIpc) is 2.30. The molecule has 0 spiro atoms. The predicted octanol–water partition coefficient (Wildman–Crippen LogP) is 1.47. The molecule has 4 rings (SSSR count).